The Morgan fingerprint density at radius 2 is 2.22 bits per heavy atom. The van der Waals surface area contributed by atoms with E-state index in [9.17, 15) is 10.1 Å². The van der Waals surface area contributed by atoms with Gasteiger partial charge in [-0.05, 0) is 50.6 Å². The number of aromatic nitrogens is 3. The minimum Gasteiger partial charge on any atom is -0.462 e. The van der Waals surface area contributed by atoms with E-state index < -0.39 is 0 Å². The molecule has 3 saturated heterocycles. The van der Waals surface area contributed by atoms with Crippen LogP contribution in [0, 0.1) is 16.7 Å². The van der Waals surface area contributed by atoms with Crippen molar-refractivity contribution in [2.45, 2.75) is 31.8 Å². The Kier molecular flexibility index (Phi) is 6.74. The maximum absolute atomic E-state index is 12.0. The van der Waals surface area contributed by atoms with Crippen molar-refractivity contribution in [1.82, 2.24) is 24.8 Å². The van der Waals surface area contributed by atoms with E-state index in [1.54, 1.807) is 12.4 Å². The van der Waals surface area contributed by atoms with Crippen LogP contribution < -0.4 is 15.0 Å². The number of likely N-dealkylation sites (N-methyl/N-ethyl adjacent to an activating group) is 1. The quantitative estimate of drug-likeness (QED) is 0.558. The van der Waals surface area contributed by atoms with Crippen LogP contribution in [0.3, 0.4) is 0 Å². The molecule has 5 heterocycles. The molecule has 3 aliphatic rings. The highest BCUT2D eigenvalue weighted by Gasteiger charge is 2.49. The summed E-state index contributed by atoms with van der Waals surface area (Å²) in [5, 5.41) is 13.4. The molecule has 36 heavy (non-hydrogen) atoms. The summed E-state index contributed by atoms with van der Waals surface area (Å²) >= 11 is 0. The zero-order valence-corrected chi connectivity index (χ0v) is 20.7. The van der Waals surface area contributed by atoms with E-state index in [1.165, 1.54) is 6.08 Å². The molecular formula is C26H32N8O2. The van der Waals surface area contributed by atoms with Gasteiger partial charge < -0.3 is 24.8 Å². The first-order chi connectivity index (χ1) is 17.5. The summed E-state index contributed by atoms with van der Waals surface area (Å²) in [4.78, 5) is 31.7. The smallest absolute Gasteiger partial charge is 0.320 e. The second-order valence-corrected chi connectivity index (χ2v) is 10.0. The molecule has 3 fully saturated rings. The first-order valence-corrected chi connectivity index (χ1v) is 12.4. The molecule has 0 aliphatic carbocycles. The lowest BCUT2D eigenvalue weighted by molar-refractivity contribution is -0.136. The summed E-state index contributed by atoms with van der Waals surface area (Å²) in [5.41, 5.74) is 1.41. The lowest BCUT2D eigenvalue weighted by Crippen LogP contribution is -2.59. The van der Waals surface area contributed by atoms with Gasteiger partial charge in [-0.3, -0.25) is 9.78 Å². The van der Waals surface area contributed by atoms with E-state index in [-0.39, 0.29) is 17.3 Å². The number of hydrogen-bond donors (Lipinski definition) is 1. The summed E-state index contributed by atoms with van der Waals surface area (Å²) in [6.07, 6.45) is 8.05. The Morgan fingerprint density at radius 3 is 2.92 bits per heavy atom. The third-order valence-electron chi connectivity index (χ3n) is 7.52. The maximum Gasteiger partial charge on any atom is 0.320 e. The fourth-order valence-electron chi connectivity index (χ4n) is 5.42. The number of pyridine rings is 1. The molecule has 3 aliphatic heterocycles. The number of nitriles is 1. The van der Waals surface area contributed by atoms with Gasteiger partial charge in [0.15, 0.2) is 11.6 Å². The summed E-state index contributed by atoms with van der Waals surface area (Å²) in [7, 11) is 2.11. The van der Waals surface area contributed by atoms with Gasteiger partial charge in [0.25, 0.3) is 0 Å². The summed E-state index contributed by atoms with van der Waals surface area (Å²) in [5.74, 6) is 1.01. The third kappa shape index (κ3) is 4.84. The van der Waals surface area contributed by atoms with Gasteiger partial charge in [0.2, 0.25) is 5.91 Å². The largest absolute Gasteiger partial charge is 0.462 e. The number of amides is 1. The Morgan fingerprint density at radius 1 is 1.36 bits per heavy atom. The second kappa shape index (κ2) is 10.1. The van der Waals surface area contributed by atoms with Crippen LogP contribution in [0.15, 0.2) is 37.2 Å². The van der Waals surface area contributed by atoms with Crippen LogP contribution in [0.2, 0.25) is 0 Å². The second-order valence-electron chi connectivity index (χ2n) is 10.0. The van der Waals surface area contributed by atoms with E-state index in [0.717, 1.165) is 44.5 Å². The molecule has 10 heteroatoms. The van der Waals surface area contributed by atoms with Crippen molar-refractivity contribution in [3.05, 3.63) is 48.3 Å². The van der Waals surface area contributed by atoms with Crippen LogP contribution >= 0.6 is 0 Å². The van der Waals surface area contributed by atoms with Gasteiger partial charge in [-0.2, -0.15) is 15.2 Å². The third-order valence-corrected chi connectivity index (χ3v) is 7.52. The van der Waals surface area contributed by atoms with Crippen LogP contribution in [-0.2, 0) is 11.3 Å². The number of likely N-dealkylation sites (tertiary alicyclic amines) is 2. The first-order valence-electron chi connectivity index (χ1n) is 12.4. The number of nitrogens with zero attached hydrogens (tertiary/aromatic N) is 7. The van der Waals surface area contributed by atoms with Crippen molar-refractivity contribution >= 4 is 17.5 Å². The van der Waals surface area contributed by atoms with Gasteiger partial charge in [-0.25, -0.2) is 0 Å². The maximum atomic E-state index is 12.0. The van der Waals surface area contributed by atoms with Crippen molar-refractivity contribution in [2.24, 2.45) is 5.41 Å². The Balaban J connectivity index is 1.38. The fraction of sp³-hybridized carbons (Fsp3) is 0.500. The highest BCUT2D eigenvalue weighted by molar-refractivity contribution is 5.87. The number of nitrogens with one attached hydrogen (secondary N) is 1. The molecule has 1 unspecified atom stereocenters. The topological polar surface area (TPSA) is 111 Å². The number of carbonyl (C=O) groups excluding carboxylic acids is 1. The molecular weight excluding hydrogens is 456 g/mol. The van der Waals surface area contributed by atoms with Crippen molar-refractivity contribution in [3.63, 3.8) is 0 Å². The molecule has 0 bridgehead atoms. The van der Waals surface area contributed by atoms with Crippen molar-refractivity contribution in [2.75, 3.05) is 56.6 Å². The van der Waals surface area contributed by atoms with Gasteiger partial charge in [0.05, 0.1) is 0 Å². The lowest BCUT2D eigenvalue weighted by Gasteiger charge is -2.47. The zero-order chi connectivity index (χ0) is 25.1. The molecule has 2 aromatic heterocycles. The molecule has 5 rings (SSSR count). The minimum absolute atomic E-state index is 0.0211. The summed E-state index contributed by atoms with van der Waals surface area (Å²) in [6.45, 7) is 8.52. The van der Waals surface area contributed by atoms with Crippen molar-refractivity contribution in [3.8, 4) is 12.1 Å². The number of ether oxygens (including phenoxy) is 1. The van der Waals surface area contributed by atoms with E-state index in [4.69, 9.17) is 9.72 Å². The standard InChI is InChI=1S/C26H32N8O2/c1-3-22(35)34-17-26(18-34)8-11-33(16-26)24-21(12-27)23(29-14-19-6-4-9-28-13-19)30-25(31-24)36-15-20-7-5-10-32(20)2/h3-4,6,9,13,20H,1,5,7-8,10-11,14-18H2,2H3,(H,29,30,31). The first kappa shape index (κ1) is 24.0. The van der Waals surface area contributed by atoms with Crippen LogP contribution in [-0.4, -0.2) is 83.1 Å². The van der Waals surface area contributed by atoms with Crippen LogP contribution in [0.25, 0.3) is 0 Å². The molecule has 1 amide bonds. The average Bonchev–Trinajstić information content (AvgIpc) is 3.51. The normalized spacial score (nSPS) is 20.7. The molecule has 2 aromatic rings. The summed E-state index contributed by atoms with van der Waals surface area (Å²) < 4.78 is 6.09. The van der Waals surface area contributed by atoms with E-state index in [0.29, 0.717) is 49.5 Å². The fourth-order valence-corrected chi connectivity index (χ4v) is 5.42. The number of anilines is 2. The predicted octanol–water partition coefficient (Wildman–Crippen LogP) is 2.05. The molecule has 10 nitrogen and oxygen atoms in total. The van der Waals surface area contributed by atoms with Crippen LogP contribution in [0.5, 0.6) is 6.01 Å². The Bertz CT molecular complexity index is 1160. The molecule has 0 saturated carbocycles. The number of hydrogen-bond acceptors (Lipinski definition) is 9. The number of carbonyl (C=O) groups is 1. The van der Waals surface area contributed by atoms with Gasteiger partial charge >= 0.3 is 6.01 Å². The highest BCUT2D eigenvalue weighted by Crippen LogP contribution is 2.42. The Hall–Kier alpha value is -3.71. The minimum atomic E-state index is -0.0340. The van der Waals surface area contributed by atoms with Gasteiger partial charge in [-0.15, -0.1) is 0 Å². The van der Waals surface area contributed by atoms with E-state index in [1.807, 2.05) is 17.0 Å². The zero-order valence-electron chi connectivity index (χ0n) is 20.7. The molecule has 1 spiro atoms. The summed E-state index contributed by atoms with van der Waals surface area (Å²) in [6, 6.07) is 6.78. The van der Waals surface area contributed by atoms with Crippen molar-refractivity contribution < 1.29 is 9.53 Å². The highest BCUT2D eigenvalue weighted by atomic mass is 16.5. The lowest BCUT2D eigenvalue weighted by atomic mass is 9.79. The molecule has 1 atom stereocenters. The SMILES string of the molecule is C=CC(=O)N1CC2(CCN(c3nc(OCC4CCCN4C)nc(NCc4cccnc4)c3C#N)C2)C1. The molecule has 0 aromatic carbocycles. The molecule has 1 N–H and O–H groups in total. The number of rotatable bonds is 8. The van der Waals surface area contributed by atoms with E-state index >= 15 is 0 Å². The van der Waals surface area contributed by atoms with E-state index in [2.05, 4.69) is 44.8 Å². The monoisotopic (exact) mass is 488 g/mol. The van der Waals surface area contributed by atoms with Gasteiger partial charge in [0, 0.05) is 56.6 Å². The van der Waals surface area contributed by atoms with Crippen LogP contribution in [0.1, 0.15) is 30.4 Å². The van der Waals surface area contributed by atoms with Gasteiger partial charge in [0.1, 0.15) is 18.2 Å². The Labute approximate surface area is 211 Å². The predicted molar refractivity (Wildman–Crippen MR) is 135 cm³/mol. The molecule has 0 radical (unpaired) electrons. The van der Waals surface area contributed by atoms with Crippen molar-refractivity contribution in [1.29, 1.82) is 5.26 Å². The van der Waals surface area contributed by atoms with Gasteiger partial charge in [-0.1, -0.05) is 12.6 Å². The molecule has 188 valence electrons. The van der Waals surface area contributed by atoms with Crippen LogP contribution in [0.4, 0.5) is 11.6 Å². The average molecular weight is 489 g/mol.